The van der Waals surface area contributed by atoms with Crippen LogP contribution in [-0.2, 0) is 0 Å². The Kier molecular flexibility index (Phi) is 6.38. The summed E-state index contributed by atoms with van der Waals surface area (Å²) < 4.78 is 0. The van der Waals surface area contributed by atoms with Crippen LogP contribution in [0.4, 0.5) is 0 Å². The van der Waals surface area contributed by atoms with Gasteiger partial charge in [0.15, 0.2) is 0 Å². The van der Waals surface area contributed by atoms with E-state index in [0.717, 1.165) is 25.5 Å². The van der Waals surface area contributed by atoms with Crippen molar-refractivity contribution in [1.29, 1.82) is 0 Å². The van der Waals surface area contributed by atoms with Gasteiger partial charge in [-0.3, -0.25) is 4.99 Å². The van der Waals surface area contributed by atoms with Gasteiger partial charge in [-0.15, -0.1) is 0 Å². The van der Waals surface area contributed by atoms with Crippen molar-refractivity contribution in [2.24, 2.45) is 4.99 Å². The van der Waals surface area contributed by atoms with Crippen LogP contribution in [0, 0.1) is 0 Å². The first-order valence-electron chi connectivity index (χ1n) is 4.44. The lowest BCUT2D eigenvalue weighted by Gasteiger charge is -2.26. The summed E-state index contributed by atoms with van der Waals surface area (Å²) >= 11 is 0. The van der Waals surface area contributed by atoms with E-state index in [0.29, 0.717) is 0 Å². The quantitative estimate of drug-likeness (QED) is 0.636. The first kappa shape index (κ1) is 11.2. The zero-order chi connectivity index (χ0) is 9.40. The molecule has 0 spiro atoms. The molecule has 1 fully saturated rings. The average Bonchev–Trinajstić information content (AvgIpc) is 2.20. The van der Waals surface area contributed by atoms with E-state index in [1.807, 2.05) is 20.0 Å². The summed E-state index contributed by atoms with van der Waals surface area (Å²) in [6, 6.07) is 0. The summed E-state index contributed by atoms with van der Waals surface area (Å²) in [5.74, 6) is 1.07. The van der Waals surface area contributed by atoms with Gasteiger partial charge in [0.1, 0.15) is 5.84 Å². The minimum Gasteiger partial charge on any atom is -0.335 e. The lowest BCUT2D eigenvalue weighted by molar-refractivity contribution is 0.483. The van der Waals surface area contributed by atoms with Crippen LogP contribution in [0.5, 0.6) is 0 Å². The second-order valence-corrected chi connectivity index (χ2v) is 2.19. The molecule has 0 aromatic heterocycles. The van der Waals surface area contributed by atoms with E-state index in [-0.39, 0.29) is 0 Å². The molecular weight excluding hydrogens is 150 g/mol. The molecule has 3 nitrogen and oxygen atoms in total. The van der Waals surface area contributed by atoms with E-state index < -0.39 is 0 Å². The predicted octanol–water partition coefficient (Wildman–Crippen LogP) is 1.09. The second-order valence-electron chi connectivity index (χ2n) is 2.19. The molecule has 0 bridgehead atoms. The van der Waals surface area contributed by atoms with Crippen LogP contribution in [0.2, 0.25) is 0 Å². The lowest BCUT2D eigenvalue weighted by Crippen LogP contribution is -2.45. The fourth-order valence-corrected chi connectivity index (χ4v) is 1.03. The molecule has 0 atom stereocenters. The van der Waals surface area contributed by atoms with Gasteiger partial charge in [0, 0.05) is 20.1 Å². The first-order valence-corrected chi connectivity index (χ1v) is 4.44. The summed E-state index contributed by atoms with van der Waals surface area (Å²) in [4.78, 5) is 6.17. The van der Waals surface area contributed by atoms with Gasteiger partial charge in [-0.05, 0) is 6.20 Å². The monoisotopic (exact) mass is 169 g/mol. The third-order valence-electron chi connectivity index (χ3n) is 1.62. The van der Waals surface area contributed by atoms with Gasteiger partial charge in [0.2, 0.25) is 0 Å². The first-order chi connectivity index (χ1) is 5.88. The molecule has 0 saturated carbocycles. The average molecular weight is 169 g/mol. The van der Waals surface area contributed by atoms with Crippen molar-refractivity contribution >= 4 is 5.84 Å². The minimum atomic E-state index is 0.864. The lowest BCUT2D eigenvalue weighted by atomic mass is 10.3. The minimum absolute atomic E-state index is 0.864. The van der Waals surface area contributed by atoms with E-state index in [4.69, 9.17) is 0 Å². The van der Waals surface area contributed by atoms with Crippen LogP contribution in [0.25, 0.3) is 0 Å². The van der Waals surface area contributed by atoms with Crippen LogP contribution in [0.3, 0.4) is 0 Å². The molecule has 3 heteroatoms. The van der Waals surface area contributed by atoms with Crippen molar-refractivity contribution in [3.63, 3.8) is 0 Å². The van der Waals surface area contributed by atoms with Gasteiger partial charge in [0.25, 0.3) is 0 Å². The van der Waals surface area contributed by atoms with E-state index in [2.05, 4.69) is 21.8 Å². The summed E-state index contributed by atoms with van der Waals surface area (Å²) in [5.41, 5.74) is 0. The Bertz CT molecular complexity index is 152. The summed E-state index contributed by atoms with van der Waals surface area (Å²) in [6.07, 6.45) is 1.82. The molecule has 70 valence electrons. The molecule has 0 amide bonds. The van der Waals surface area contributed by atoms with Crippen molar-refractivity contribution in [2.75, 3.05) is 26.7 Å². The molecule has 0 aliphatic carbocycles. The highest BCUT2D eigenvalue weighted by molar-refractivity contribution is 5.85. The summed E-state index contributed by atoms with van der Waals surface area (Å²) in [6.45, 7) is 10.6. The van der Waals surface area contributed by atoms with Gasteiger partial charge in [-0.25, -0.2) is 0 Å². The Morgan fingerprint density at radius 1 is 1.58 bits per heavy atom. The van der Waals surface area contributed by atoms with Crippen molar-refractivity contribution < 1.29 is 0 Å². The summed E-state index contributed by atoms with van der Waals surface area (Å²) in [7, 11) is 1.80. The fraction of sp³-hybridized carbons (Fsp3) is 0.667. The van der Waals surface area contributed by atoms with Gasteiger partial charge >= 0.3 is 0 Å². The highest BCUT2D eigenvalue weighted by Crippen LogP contribution is 1.95. The molecule has 0 radical (unpaired) electrons. The van der Waals surface area contributed by atoms with E-state index >= 15 is 0 Å². The van der Waals surface area contributed by atoms with Crippen LogP contribution in [0.1, 0.15) is 13.8 Å². The highest BCUT2D eigenvalue weighted by Gasteiger charge is 2.10. The summed E-state index contributed by atoms with van der Waals surface area (Å²) in [5, 5.41) is 3.23. The van der Waals surface area contributed by atoms with Gasteiger partial charge in [-0.1, -0.05) is 20.4 Å². The third kappa shape index (κ3) is 3.05. The Labute approximate surface area is 75.2 Å². The molecule has 0 aromatic carbocycles. The number of amidine groups is 1. The Morgan fingerprint density at radius 3 is 2.67 bits per heavy atom. The number of piperazine rings is 1. The number of hydrogen-bond donors (Lipinski definition) is 1. The largest absolute Gasteiger partial charge is 0.335 e. The molecule has 1 rings (SSSR count). The third-order valence-corrected chi connectivity index (χ3v) is 1.62. The zero-order valence-electron chi connectivity index (χ0n) is 8.30. The second kappa shape index (κ2) is 6.85. The van der Waals surface area contributed by atoms with E-state index in [1.165, 1.54) is 0 Å². The number of nitrogens with zero attached hydrogens (tertiary/aromatic N) is 2. The molecule has 0 unspecified atom stereocenters. The molecule has 1 saturated heterocycles. The van der Waals surface area contributed by atoms with Crippen molar-refractivity contribution in [1.82, 2.24) is 10.2 Å². The SMILES string of the molecule is C=CN1CCNCC1=NC.CC. The normalized spacial score (nSPS) is 19.9. The van der Waals surface area contributed by atoms with Crippen molar-refractivity contribution in [2.45, 2.75) is 13.8 Å². The van der Waals surface area contributed by atoms with Crippen LogP contribution in [0.15, 0.2) is 17.8 Å². The molecule has 1 N–H and O–H groups in total. The maximum absolute atomic E-state index is 4.11. The van der Waals surface area contributed by atoms with Crippen LogP contribution < -0.4 is 5.32 Å². The van der Waals surface area contributed by atoms with Gasteiger partial charge in [0.05, 0.1) is 6.54 Å². The van der Waals surface area contributed by atoms with Crippen LogP contribution in [-0.4, -0.2) is 37.4 Å². The molecule has 0 aromatic rings. The van der Waals surface area contributed by atoms with Crippen LogP contribution >= 0.6 is 0 Å². The smallest absolute Gasteiger partial charge is 0.117 e. The highest BCUT2D eigenvalue weighted by atomic mass is 15.2. The number of nitrogens with one attached hydrogen (secondary N) is 1. The maximum Gasteiger partial charge on any atom is 0.117 e. The molecule has 1 aliphatic rings. The molecule has 1 aliphatic heterocycles. The molecule has 12 heavy (non-hydrogen) atoms. The van der Waals surface area contributed by atoms with E-state index in [1.54, 1.807) is 7.05 Å². The number of aliphatic imine (C=N–C) groups is 1. The molecular formula is C9H19N3. The van der Waals surface area contributed by atoms with Gasteiger partial charge in [-0.2, -0.15) is 0 Å². The topological polar surface area (TPSA) is 27.6 Å². The number of hydrogen-bond acceptors (Lipinski definition) is 2. The van der Waals surface area contributed by atoms with E-state index in [9.17, 15) is 0 Å². The predicted molar refractivity (Wildman–Crippen MR) is 54.5 cm³/mol. The number of rotatable bonds is 1. The van der Waals surface area contributed by atoms with Crippen molar-refractivity contribution in [3.8, 4) is 0 Å². The maximum atomic E-state index is 4.11. The molecule has 1 heterocycles. The fourth-order valence-electron chi connectivity index (χ4n) is 1.03. The standard InChI is InChI=1S/C7H13N3.C2H6/c1-3-10-5-4-9-6-7(10)8-2;1-2/h3,9H,1,4-6H2,2H3;1-2H3. The van der Waals surface area contributed by atoms with Gasteiger partial charge < -0.3 is 10.2 Å². The Hall–Kier alpha value is -0.830. The zero-order valence-corrected chi connectivity index (χ0v) is 8.30. The van der Waals surface area contributed by atoms with Crippen molar-refractivity contribution in [3.05, 3.63) is 12.8 Å². The Balaban J connectivity index is 0.000000561. The Morgan fingerprint density at radius 2 is 2.25 bits per heavy atom.